The minimum atomic E-state index is -2.65. The number of amides is 2. The fourth-order valence-corrected chi connectivity index (χ4v) is 6.26. The smallest absolute Gasteiger partial charge is 0.407 e. The van der Waals surface area contributed by atoms with Crippen molar-refractivity contribution < 1.29 is 86.0 Å². The number of halogens is 3. The molecule has 10 atom stereocenters. The first kappa shape index (κ1) is 48.9. The van der Waals surface area contributed by atoms with Crippen molar-refractivity contribution in [2.45, 2.75) is 92.5 Å². The average Bonchev–Trinajstić information content (AvgIpc) is 3.21. The maximum Gasteiger partial charge on any atom is 0.407 e. The Morgan fingerprint density at radius 2 is 1.33 bits per heavy atom. The number of rotatable bonds is 16. The Morgan fingerprint density at radius 3 is 1.90 bits per heavy atom. The highest BCUT2D eigenvalue weighted by Gasteiger charge is 2.59. The number of benzene rings is 2. The number of hydrogen-bond acceptors (Lipinski definition) is 18. The van der Waals surface area contributed by atoms with Gasteiger partial charge in [0.25, 0.3) is 9.70 Å². The number of alkyl halides is 3. The van der Waals surface area contributed by atoms with Gasteiger partial charge in [-0.05, 0) is 17.7 Å². The highest BCUT2D eigenvalue weighted by molar-refractivity contribution is 6.76. The van der Waals surface area contributed by atoms with E-state index in [1.165, 1.54) is 24.3 Å². The summed E-state index contributed by atoms with van der Waals surface area (Å²) in [7, 11) is 0.969. The standard InChI is InChI=1S/C38H43Cl3N2O18/c1-19(45)55-28-29(56-20(2)46)31(57-21(3)47)35(61-30(28)33(49)52-4)60-27-25(43-36(50)38(39,40)41)34(53-16-15-42-37(51)54-18-22-11-7-5-8-12-22)58-24(17-44)26(27)59-32(48)23-13-9-6-10-14-23/h5-14,24-31,34-35,44H,15-18H2,1-4H3,(H,42,51)(H,43,50)/t24-,25-,26+,27-,28+,29+,30+,31-,34-,35-/m1/s1. The molecule has 0 aliphatic carbocycles. The van der Waals surface area contributed by atoms with Crippen molar-refractivity contribution in [3.05, 3.63) is 71.8 Å². The molecule has 61 heavy (non-hydrogen) atoms. The molecule has 4 rings (SSSR count). The molecule has 23 heteroatoms. The second-order valence-electron chi connectivity index (χ2n) is 13.1. The lowest BCUT2D eigenvalue weighted by Crippen LogP contribution is -2.70. The highest BCUT2D eigenvalue weighted by atomic mass is 35.6. The van der Waals surface area contributed by atoms with Gasteiger partial charge in [0.2, 0.25) is 0 Å². The Labute approximate surface area is 363 Å². The van der Waals surface area contributed by atoms with E-state index in [4.69, 9.17) is 82.2 Å². The molecule has 20 nitrogen and oxygen atoms in total. The quantitative estimate of drug-likeness (QED) is 0.0939. The number of aliphatic hydroxyl groups is 1. The minimum absolute atomic E-state index is 0.0139. The third-order valence-corrected chi connectivity index (χ3v) is 9.14. The van der Waals surface area contributed by atoms with Crippen LogP contribution in [0.15, 0.2) is 60.7 Å². The van der Waals surface area contributed by atoms with Gasteiger partial charge in [0.1, 0.15) is 24.9 Å². The molecule has 2 heterocycles. The van der Waals surface area contributed by atoms with Crippen LogP contribution in [0.25, 0.3) is 0 Å². The van der Waals surface area contributed by atoms with Crippen LogP contribution < -0.4 is 10.6 Å². The Morgan fingerprint density at radius 1 is 0.738 bits per heavy atom. The van der Waals surface area contributed by atoms with Gasteiger partial charge in [0.05, 0.1) is 25.9 Å². The van der Waals surface area contributed by atoms with E-state index in [1.54, 1.807) is 36.4 Å². The van der Waals surface area contributed by atoms with Crippen molar-refractivity contribution in [1.82, 2.24) is 10.6 Å². The maximum absolute atomic E-state index is 13.6. The molecule has 0 aromatic heterocycles. The normalized spacial score (nSPS) is 26.1. The van der Waals surface area contributed by atoms with Gasteiger partial charge in [-0.1, -0.05) is 83.3 Å². The first-order valence-corrected chi connectivity index (χ1v) is 19.4. The summed E-state index contributed by atoms with van der Waals surface area (Å²) < 4.78 is 53.7. The molecule has 2 aromatic carbocycles. The van der Waals surface area contributed by atoms with Gasteiger partial charge < -0.3 is 63.1 Å². The van der Waals surface area contributed by atoms with Gasteiger partial charge in [0.15, 0.2) is 43.1 Å². The lowest BCUT2D eigenvalue weighted by molar-refractivity contribution is -0.341. The average molecular weight is 922 g/mol. The van der Waals surface area contributed by atoms with Crippen LogP contribution in [0.3, 0.4) is 0 Å². The number of methoxy groups -OCH3 is 1. The molecule has 2 amide bonds. The number of carbonyl (C=O) groups excluding carboxylic acids is 7. The van der Waals surface area contributed by atoms with Crippen molar-refractivity contribution in [2.75, 3.05) is 26.9 Å². The van der Waals surface area contributed by atoms with E-state index in [0.717, 1.165) is 33.4 Å². The van der Waals surface area contributed by atoms with E-state index >= 15 is 0 Å². The summed E-state index contributed by atoms with van der Waals surface area (Å²) in [5.41, 5.74) is 0.734. The molecule has 334 valence electrons. The van der Waals surface area contributed by atoms with Gasteiger partial charge in [-0.15, -0.1) is 0 Å². The predicted molar refractivity (Wildman–Crippen MR) is 206 cm³/mol. The van der Waals surface area contributed by atoms with Crippen LogP contribution >= 0.6 is 34.8 Å². The summed E-state index contributed by atoms with van der Waals surface area (Å²) in [6.45, 7) is 1.38. The van der Waals surface area contributed by atoms with Crippen molar-refractivity contribution in [1.29, 1.82) is 0 Å². The Bertz CT molecular complexity index is 1840. The summed E-state index contributed by atoms with van der Waals surface area (Å²) in [6, 6.07) is 14.6. The number of esters is 5. The third kappa shape index (κ3) is 14.1. The van der Waals surface area contributed by atoms with Crippen LogP contribution in [-0.4, -0.2) is 139 Å². The van der Waals surface area contributed by atoms with E-state index in [9.17, 15) is 38.7 Å². The fraction of sp³-hybridized carbons (Fsp3) is 0.500. The Hall–Kier alpha value is -4.80. The van der Waals surface area contributed by atoms with Crippen LogP contribution in [0.1, 0.15) is 36.7 Å². The molecular weight excluding hydrogens is 879 g/mol. The molecule has 2 fully saturated rings. The lowest BCUT2D eigenvalue weighted by atomic mass is 9.94. The van der Waals surface area contributed by atoms with Crippen LogP contribution in [0.4, 0.5) is 4.79 Å². The number of ether oxygens (including phenoxy) is 10. The number of aliphatic hydroxyl groups excluding tert-OH is 1. The molecule has 0 radical (unpaired) electrons. The van der Waals surface area contributed by atoms with Crippen molar-refractivity contribution in [2.24, 2.45) is 0 Å². The van der Waals surface area contributed by atoms with E-state index in [2.05, 4.69) is 10.6 Å². The predicted octanol–water partition coefficient (Wildman–Crippen LogP) is 1.81. The maximum atomic E-state index is 13.6. The summed E-state index contributed by atoms with van der Waals surface area (Å²) in [5, 5.41) is 15.5. The number of alkyl carbamates (subject to hydrolysis) is 1. The SMILES string of the molecule is COC(=O)[C@H]1O[C@@H](O[C@@H]2[C@@H](NC(=O)C(Cl)(Cl)Cl)[C@H](OCCNC(=O)OCc3ccccc3)O[C@H](CO)[C@@H]2OC(=O)c2ccccc2)[C@H](OC(C)=O)[C@@H](OC(C)=O)[C@@H]1OC(C)=O. The Balaban J connectivity index is 1.77. The zero-order chi connectivity index (χ0) is 44.9. The van der Waals surface area contributed by atoms with Crippen LogP contribution in [0.2, 0.25) is 0 Å². The zero-order valence-electron chi connectivity index (χ0n) is 32.9. The first-order chi connectivity index (χ1) is 28.9. The number of nitrogens with one attached hydrogen (secondary N) is 2. The van der Waals surface area contributed by atoms with Gasteiger partial charge in [-0.25, -0.2) is 14.4 Å². The lowest BCUT2D eigenvalue weighted by Gasteiger charge is -2.49. The van der Waals surface area contributed by atoms with E-state index in [-0.39, 0.29) is 25.3 Å². The summed E-state index contributed by atoms with van der Waals surface area (Å²) >= 11 is 17.8. The molecule has 0 bridgehead atoms. The molecular formula is C38H43Cl3N2O18. The number of hydrogen-bond donors (Lipinski definition) is 3. The summed E-state index contributed by atoms with van der Waals surface area (Å²) in [5.74, 6) is -6.45. The molecule has 0 spiro atoms. The second-order valence-corrected chi connectivity index (χ2v) is 15.4. The topological polar surface area (TPSA) is 256 Å². The van der Waals surface area contributed by atoms with Gasteiger partial charge in [0, 0.05) is 27.3 Å². The van der Waals surface area contributed by atoms with Gasteiger partial charge in [-0.2, -0.15) is 0 Å². The zero-order valence-corrected chi connectivity index (χ0v) is 35.2. The van der Waals surface area contributed by atoms with E-state index in [0.29, 0.717) is 0 Å². The fourth-order valence-electron chi connectivity index (χ4n) is 6.10. The third-order valence-electron chi connectivity index (χ3n) is 8.63. The van der Waals surface area contributed by atoms with Crippen LogP contribution in [0, 0.1) is 0 Å². The highest BCUT2D eigenvalue weighted by Crippen LogP contribution is 2.36. The first-order valence-electron chi connectivity index (χ1n) is 18.3. The van der Waals surface area contributed by atoms with Crippen molar-refractivity contribution in [3.8, 4) is 0 Å². The summed E-state index contributed by atoms with van der Waals surface area (Å²) in [6.07, 6.45) is -17.2. The van der Waals surface area contributed by atoms with E-state index < -0.39 is 114 Å². The molecule has 0 saturated carbocycles. The summed E-state index contributed by atoms with van der Waals surface area (Å²) in [4.78, 5) is 89.8. The minimum Gasteiger partial charge on any atom is -0.467 e. The van der Waals surface area contributed by atoms with Crippen molar-refractivity contribution in [3.63, 3.8) is 0 Å². The Kier molecular flexibility index (Phi) is 18.3. The molecule has 2 aliphatic rings. The molecule has 2 aromatic rings. The van der Waals surface area contributed by atoms with Gasteiger partial charge in [-0.3, -0.25) is 19.2 Å². The second kappa shape index (κ2) is 22.9. The van der Waals surface area contributed by atoms with Crippen molar-refractivity contribution >= 4 is 76.6 Å². The number of carbonyl (C=O) groups is 7. The molecule has 2 aliphatic heterocycles. The van der Waals surface area contributed by atoms with Crippen LogP contribution in [-0.2, 0) is 77.9 Å². The largest absolute Gasteiger partial charge is 0.467 e. The van der Waals surface area contributed by atoms with E-state index in [1.807, 2.05) is 0 Å². The molecule has 2 saturated heterocycles. The molecule has 0 unspecified atom stereocenters. The van der Waals surface area contributed by atoms with Gasteiger partial charge >= 0.3 is 35.9 Å². The monoisotopic (exact) mass is 920 g/mol. The van der Waals surface area contributed by atoms with Crippen LogP contribution in [0.5, 0.6) is 0 Å². The molecule has 3 N–H and O–H groups in total.